The standard InChI is InChI=1S/C15H19NO5/c1-20-11-3-7-6-16-13-9(8(7)5-12(11)21-2)4-10(17)14(18)15(13)19/h3,5-6,9-10,13-15,17-19H,4H2,1-2H3/t9-,10+,13-,14-,15+/m0/s1. The maximum atomic E-state index is 10.1. The molecule has 6 heteroatoms. The van der Waals surface area contributed by atoms with Gasteiger partial charge in [-0.25, -0.2) is 0 Å². The molecule has 1 saturated carbocycles. The smallest absolute Gasteiger partial charge is 0.161 e. The van der Waals surface area contributed by atoms with E-state index in [1.807, 2.05) is 12.1 Å². The number of benzene rings is 1. The fourth-order valence-corrected chi connectivity index (χ4v) is 3.22. The molecule has 3 N–H and O–H groups in total. The second-order valence-corrected chi connectivity index (χ2v) is 5.50. The number of aliphatic imine (C=N–C) groups is 1. The maximum absolute atomic E-state index is 10.1. The molecule has 1 aliphatic carbocycles. The molecule has 0 radical (unpaired) electrons. The number of hydrogen-bond acceptors (Lipinski definition) is 6. The van der Waals surface area contributed by atoms with Crippen LogP contribution in [0, 0.1) is 0 Å². The minimum absolute atomic E-state index is 0.154. The van der Waals surface area contributed by atoms with Crippen molar-refractivity contribution < 1.29 is 24.8 Å². The zero-order chi connectivity index (χ0) is 15.1. The minimum Gasteiger partial charge on any atom is -0.493 e. The highest BCUT2D eigenvalue weighted by atomic mass is 16.5. The lowest BCUT2D eigenvalue weighted by molar-refractivity contribution is -0.0987. The number of nitrogens with zero attached hydrogens (tertiary/aromatic N) is 1. The summed E-state index contributed by atoms with van der Waals surface area (Å²) < 4.78 is 10.6. The molecular formula is C15H19NO5. The highest BCUT2D eigenvalue weighted by Crippen LogP contribution is 2.42. The Kier molecular flexibility index (Phi) is 3.61. The molecule has 0 aromatic heterocycles. The summed E-state index contributed by atoms with van der Waals surface area (Å²) in [7, 11) is 3.13. The molecule has 5 atom stereocenters. The van der Waals surface area contributed by atoms with Gasteiger partial charge in [0, 0.05) is 12.1 Å². The Morgan fingerprint density at radius 1 is 1.05 bits per heavy atom. The van der Waals surface area contributed by atoms with Gasteiger partial charge in [-0.2, -0.15) is 0 Å². The van der Waals surface area contributed by atoms with Gasteiger partial charge < -0.3 is 24.8 Å². The third kappa shape index (κ3) is 2.19. The highest BCUT2D eigenvalue weighted by molar-refractivity contribution is 5.85. The molecule has 1 aromatic carbocycles. The number of aliphatic hydroxyl groups is 3. The summed E-state index contributed by atoms with van der Waals surface area (Å²) in [4.78, 5) is 4.35. The average Bonchev–Trinajstić information content (AvgIpc) is 2.51. The second kappa shape index (κ2) is 5.29. The number of methoxy groups -OCH3 is 2. The van der Waals surface area contributed by atoms with Crippen molar-refractivity contribution in [2.24, 2.45) is 4.99 Å². The van der Waals surface area contributed by atoms with Crippen molar-refractivity contribution in [3.63, 3.8) is 0 Å². The SMILES string of the molecule is COc1cc2c(cc1OC)[C@@H]1C[C@@H](O)[C@H](O)[C@H](O)[C@H]1N=C2. The van der Waals surface area contributed by atoms with Crippen molar-refractivity contribution in [2.75, 3.05) is 14.2 Å². The van der Waals surface area contributed by atoms with Gasteiger partial charge in [0.2, 0.25) is 0 Å². The number of ether oxygens (including phenoxy) is 2. The van der Waals surface area contributed by atoms with Crippen LogP contribution in [0.5, 0.6) is 11.5 Å². The van der Waals surface area contributed by atoms with E-state index in [1.165, 1.54) is 0 Å². The van der Waals surface area contributed by atoms with E-state index in [0.29, 0.717) is 17.9 Å². The van der Waals surface area contributed by atoms with Crippen LogP contribution < -0.4 is 9.47 Å². The Hall–Kier alpha value is -1.63. The second-order valence-electron chi connectivity index (χ2n) is 5.50. The monoisotopic (exact) mass is 293 g/mol. The molecule has 0 spiro atoms. The third-order valence-corrected chi connectivity index (χ3v) is 4.38. The van der Waals surface area contributed by atoms with Crippen molar-refractivity contribution in [3.8, 4) is 11.5 Å². The zero-order valence-electron chi connectivity index (χ0n) is 11.9. The molecule has 0 saturated heterocycles. The Morgan fingerprint density at radius 2 is 1.71 bits per heavy atom. The highest BCUT2D eigenvalue weighted by Gasteiger charge is 2.45. The molecule has 1 aromatic rings. The lowest BCUT2D eigenvalue weighted by Gasteiger charge is -2.41. The maximum Gasteiger partial charge on any atom is 0.161 e. The van der Waals surface area contributed by atoms with Crippen LogP contribution in [-0.2, 0) is 0 Å². The predicted octanol–water partition coefficient (Wildman–Crippen LogP) is 0.0749. The molecule has 114 valence electrons. The molecule has 0 amide bonds. The van der Waals surface area contributed by atoms with Gasteiger partial charge in [0.25, 0.3) is 0 Å². The molecule has 1 aliphatic heterocycles. The van der Waals surface area contributed by atoms with E-state index < -0.39 is 24.4 Å². The van der Waals surface area contributed by atoms with Gasteiger partial charge in [-0.15, -0.1) is 0 Å². The molecule has 0 unspecified atom stereocenters. The van der Waals surface area contributed by atoms with Gasteiger partial charge in [0.1, 0.15) is 12.2 Å². The predicted molar refractivity (Wildman–Crippen MR) is 76.3 cm³/mol. The van der Waals surface area contributed by atoms with Crippen LogP contribution in [0.15, 0.2) is 17.1 Å². The molecular weight excluding hydrogens is 274 g/mol. The van der Waals surface area contributed by atoms with Crippen molar-refractivity contribution in [3.05, 3.63) is 23.3 Å². The normalized spacial score (nSPS) is 34.0. The summed E-state index contributed by atoms with van der Waals surface area (Å²) in [5, 5.41) is 29.8. The quantitative estimate of drug-likeness (QED) is 0.718. The summed E-state index contributed by atoms with van der Waals surface area (Å²) in [5.41, 5.74) is 1.82. The van der Waals surface area contributed by atoms with Crippen LogP contribution in [0.1, 0.15) is 23.5 Å². The lowest BCUT2D eigenvalue weighted by atomic mass is 9.73. The number of aliphatic hydroxyl groups excluding tert-OH is 3. The van der Waals surface area contributed by atoms with Gasteiger partial charge in [-0.3, -0.25) is 4.99 Å². The Labute approximate surface area is 122 Å². The van der Waals surface area contributed by atoms with E-state index in [-0.39, 0.29) is 5.92 Å². The van der Waals surface area contributed by atoms with Crippen molar-refractivity contribution in [1.29, 1.82) is 0 Å². The Morgan fingerprint density at radius 3 is 2.38 bits per heavy atom. The lowest BCUT2D eigenvalue weighted by Crippen LogP contribution is -2.52. The van der Waals surface area contributed by atoms with Gasteiger partial charge >= 0.3 is 0 Å². The molecule has 1 heterocycles. The van der Waals surface area contributed by atoms with E-state index >= 15 is 0 Å². The first-order valence-electron chi connectivity index (χ1n) is 6.90. The molecule has 0 bridgehead atoms. The first kappa shape index (κ1) is 14.3. The van der Waals surface area contributed by atoms with Gasteiger partial charge in [0.05, 0.1) is 26.4 Å². The summed E-state index contributed by atoms with van der Waals surface area (Å²) >= 11 is 0. The van der Waals surface area contributed by atoms with Crippen LogP contribution >= 0.6 is 0 Å². The van der Waals surface area contributed by atoms with Crippen LogP contribution in [0.4, 0.5) is 0 Å². The number of hydrogen-bond donors (Lipinski definition) is 3. The van der Waals surface area contributed by atoms with E-state index in [0.717, 1.165) is 11.1 Å². The van der Waals surface area contributed by atoms with E-state index in [4.69, 9.17) is 9.47 Å². The number of rotatable bonds is 2. The topological polar surface area (TPSA) is 91.5 Å². The summed E-state index contributed by atoms with van der Waals surface area (Å²) in [6.07, 6.45) is -1.17. The first-order valence-corrected chi connectivity index (χ1v) is 6.90. The van der Waals surface area contributed by atoms with Gasteiger partial charge in [-0.1, -0.05) is 0 Å². The average molecular weight is 293 g/mol. The first-order chi connectivity index (χ1) is 10.1. The van der Waals surface area contributed by atoms with E-state index in [9.17, 15) is 15.3 Å². The molecule has 2 aliphatic rings. The van der Waals surface area contributed by atoms with E-state index in [2.05, 4.69) is 4.99 Å². The molecule has 1 fully saturated rings. The third-order valence-electron chi connectivity index (χ3n) is 4.38. The zero-order valence-corrected chi connectivity index (χ0v) is 11.9. The molecule has 3 rings (SSSR count). The fourth-order valence-electron chi connectivity index (χ4n) is 3.22. The van der Waals surface area contributed by atoms with Crippen LogP contribution in [-0.4, -0.2) is 60.1 Å². The fraction of sp³-hybridized carbons (Fsp3) is 0.533. The largest absolute Gasteiger partial charge is 0.493 e. The van der Waals surface area contributed by atoms with Crippen molar-refractivity contribution in [1.82, 2.24) is 0 Å². The van der Waals surface area contributed by atoms with Crippen LogP contribution in [0.2, 0.25) is 0 Å². The Balaban J connectivity index is 2.06. The number of fused-ring (bicyclic) bond motifs is 3. The summed E-state index contributed by atoms with van der Waals surface area (Å²) in [6.45, 7) is 0. The van der Waals surface area contributed by atoms with Crippen molar-refractivity contribution in [2.45, 2.75) is 36.7 Å². The van der Waals surface area contributed by atoms with Gasteiger partial charge in [0.15, 0.2) is 11.5 Å². The molecule has 6 nitrogen and oxygen atoms in total. The minimum atomic E-state index is -1.16. The molecule has 21 heavy (non-hydrogen) atoms. The summed E-state index contributed by atoms with van der Waals surface area (Å²) in [5.74, 6) is 1.05. The Bertz CT molecular complexity index is 573. The van der Waals surface area contributed by atoms with Crippen molar-refractivity contribution >= 4 is 6.21 Å². The summed E-state index contributed by atoms with van der Waals surface area (Å²) in [6, 6.07) is 3.24. The van der Waals surface area contributed by atoms with Crippen LogP contribution in [0.3, 0.4) is 0 Å². The van der Waals surface area contributed by atoms with Gasteiger partial charge in [-0.05, 0) is 29.7 Å². The van der Waals surface area contributed by atoms with E-state index in [1.54, 1.807) is 20.4 Å². The van der Waals surface area contributed by atoms with Crippen LogP contribution in [0.25, 0.3) is 0 Å².